The van der Waals surface area contributed by atoms with Crippen LogP contribution < -0.4 is 5.32 Å². The van der Waals surface area contributed by atoms with Crippen molar-refractivity contribution in [3.63, 3.8) is 0 Å². The van der Waals surface area contributed by atoms with Crippen molar-refractivity contribution >= 4 is 28.3 Å². The minimum absolute atomic E-state index is 0.233. The average molecular weight is 478 g/mol. The van der Waals surface area contributed by atoms with Gasteiger partial charge in [0, 0.05) is 53.5 Å². The summed E-state index contributed by atoms with van der Waals surface area (Å²) in [5.41, 5.74) is 5.94. The maximum atomic E-state index is 13.3. The van der Waals surface area contributed by atoms with Crippen LogP contribution in [0.25, 0.3) is 27.7 Å². The van der Waals surface area contributed by atoms with Crippen molar-refractivity contribution in [1.82, 2.24) is 19.4 Å². The number of rotatable bonds is 6. The molecule has 0 saturated heterocycles. The Morgan fingerprint density at radius 3 is 2.66 bits per heavy atom. The molecule has 4 aromatic heterocycles. The highest BCUT2D eigenvalue weighted by Gasteiger charge is 2.61. The molecule has 7 nitrogen and oxygen atoms in total. The summed E-state index contributed by atoms with van der Waals surface area (Å²) in [6, 6.07) is 5.59. The number of alkyl halides is 2. The molecular weight excluding hydrogens is 452 g/mol. The SMILES string of the molecule is CC[C@@H](O)c1cc(C)c(-c2cc3cnc(NC(=O)[C@H]4CC4(F)F)cc3n3cc(C4CC4)nc23)cn1. The fourth-order valence-electron chi connectivity index (χ4n) is 4.57. The van der Waals surface area contributed by atoms with Crippen LogP contribution in [0, 0.1) is 12.8 Å². The normalized spacial score (nSPS) is 19.7. The average Bonchev–Trinajstić information content (AvgIpc) is 3.74. The Labute approximate surface area is 200 Å². The van der Waals surface area contributed by atoms with Crippen molar-refractivity contribution in [1.29, 1.82) is 0 Å². The van der Waals surface area contributed by atoms with Crippen LogP contribution >= 0.6 is 0 Å². The van der Waals surface area contributed by atoms with E-state index in [1.165, 1.54) is 0 Å². The summed E-state index contributed by atoms with van der Waals surface area (Å²) >= 11 is 0. The molecule has 0 aliphatic heterocycles. The molecule has 2 saturated carbocycles. The second-order valence-corrected chi connectivity index (χ2v) is 9.68. The fraction of sp³-hybridized carbons (Fsp3) is 0.385. The largest absolute Gasteiger partial charge is 0.387 e. The molecule has 2 N–H and O–H groups in total. The number of carbonyl (C=O) groups is 1. The van der Waals surface area contributed by atoms with Crippen LogP contribution in [-0.2, 0) is 4.79 Å². The van der Waals surface area contributed by atoms with Gasteiger partial charge >= 0.3 is 0 Å². The number of aliphatic hydroxyl groups is 1. The molecule has 0 bridgehead atoms. The Morgan fingerprint density at radius 1 is 1.23 bits per heavy atom. The lowest BCUT2D eigenvalue weighted by Gasteiger charge is -2.14. The van der Waals surface area contributed by atoms with Crippen LogP contribution in [0.15, 0.2) is 36.8 Å². The molecule has 2 aliphatic carbocycles. The van der Waals surface area contributed by atoms with E-state index in [9.17, 15) is 18.7 Å². The first kappa shape index (κ1) is 22.0. The number of amides is 1. The van der Waals surface area contributed by atoms with Gasteiger partial charge < -0.3 is 10.4 Å². The molecule has 0 unspecified atom stereocenters. The van der Waals surface area contributed by atoms with Crippen molar-refractivity contribution in [2.24, 2.45) is 5.92 Å². The number of nitrogens with zero attached hydrogens (tertiary/aromatic N) is 4. The Balaban J connectivity index is 1.46. The van der Waals surface area contributed by atoms with Crippen molar-refractivity contribution in [3.05, 3.63) is 53.7 Å². The summed E-state index contributed by atoms with van der Waals surface area (Å²) in [6.45, 7) is 3.89. The first-order valence-corrected chi connectivity index (χ1v) is 11.9. The number of imidazole rings is 1. The van der Waals surface area contributed by atoms with Crippen LogP contribution in [0.3, 0.4) is 0 Å². The summed E-state index contributed by atoms with van der Waals surface area (Å²) in [7, 11) is 0. The highest BCUT2D eigenvalue weighted by atomic mass is 19.3. The van der Waals surface area contributed by atoms with Crippen molar-refractivity contribution in [2.75, 3.05) is 5.32 Å². The highest BCUT2D eigenvalue weighted by Crippen LogP contribution is 2.49. The quantitative estimate of drug-likeness (QED) is 0.400. The molecule has 0 radical (unpaired) electrons. The van der Waals surface area contributed by atoms with E-state index in [1.807, 2.05) is 36.6 Å². The summed E-state index contributed by atoms with van der Waals surface area (Å²) in [5, 5.41) is 13.6. The van der Waals surface area contributed by atoms with Crippen LogP contribution in [-0.4, -0.2) is 36.3 Å². The van der Waals surface area contributed by atoms with E-state index in [1.54, 1.807) is 18.5 Å². The van der Waals surface area contributed by atoms with E-state index < -0.39 is 30.3 Å². The number of carbonyl (C=O) groups excluding carboxylic acids is 1. The van der Waals surface area contributed by atoms with Crippen LogP contribution in [0.4, 0.5) is 14.6 Å². The van der Waals surface area contributed by atoms with Crippen molar-refractivity contribution in [3.8, 4) is 11.1 Å². The summed E-state index contributed by atoms with van der Waals surface area (Å²) in [6.07, 6.45) is 7.16. The Hall–Kier alpha value is -3.46. The predicted molar refractivity (Wildman–Crippen MR) is 127 cm³/mol. The standard InChI is InChI=1S/C26H25F2N5O2/c1-3-22(34)19-6-13(2)17(11-29-19)16-7-15-10-30-23(32-25(35)18-9-26(18,27)28)8-21(15)33-12-20(14-4-5-14)31-24(16)33/h6-8,10-12,14,18,22,34H,3-5,9H2,1-2H3,(H,30,32,35)/t18-,22-/m1/s1. The van der Waals surface area contributed by atoms with Gasteiger partial charge in [-0.2, -0.15) is 0 Å². The molecule has 180 valence electrons. The lowest BCUT2D eigenvalue weighted by atomic mass is 10.0. The Kier molecular flexibility index (Phi) is 4.90. The Morgan fingerprint density at radius 2 is 2.00 bits per heavy atom. The van der Waals surface area contributed by atoms with E-state index in [4.69, 9.17) is 4.98 Å². The van der Waals surface area contributed by atoms with Crippen LogP contribution in [0.5, 0.6) is 0 Å². The van der Waals surface area contributed by atoms with Gasteiger partial charge in [-0.1, -0.05) is 6.92 Å². The number of hydrogen-bond acceptors (Lipinski definition) is 5. The minimum Gasteiger partial charge on any atom is -0.387 e. The molecule has 2 aliphatic rings. The molecule has 0 aromatic carbocycles. The maximum absolute atomic E-state index is 13.3. The molecule has 1 amide bonds. The van der Waals surface area contributed by atoms with Gasteiger partial charge in [0.2, 0.25) is 5.91 Å². The molecule has 4 aromatic rings. The minimum atomic E-state index is -2.93. The predicted octanol–water partition coefficient (Wildman–Crippen LogP) is 5.17. The highest BCUT2D eigenvalue weighted by molar-refractivity contribution is 5.97. The zero-order valence-corrected chi connectivity index (χ0v) is 19.4. The number of aliphatic hydroxyl groups excluding tert-OH is 1. The van der Waals surface area contributed by atoms with E-state index in [0.717, 1.165) is 51.8 Å². The van der Waals surface area contributed by atoms with Gasteiger partial charge in [0.25, 0.3) is 5.92 Å². The van der Waals surface area contributed by atoms with Crippen LogP contribution in [0.2, 0.25) is 0 Å². The molecule has 35 heavy (non-hydrogen) atoms. The van der Waals surface area contributed by atoms with E-state index >= 15 is 0 Å². The third-order valence-electron chi connectivity index (χ3n) is 6.98. The smallest absolute Gasteiger partial charge is 0.260 e. The lowest BCUT2D eigenvalue weighted by molar-refractivity contribution is -0.119. The third kappa shape index (κ3) is 3.83. The Bertz CT molecular complexity index is 1490. The molecule has 4 heterocycles. The monoisotopic (exact) mass is 477 g/mol. The zero-order valence-electron chi connectivity index (χ0n) is 19.4. The van der Waals surface area contributed by atoms with Gasteiger partial charge in [0.05, 0.1) is 23.0 Å². The number of hydrogen-bond donors (Lipinski definition) is 2. The number of pyridine rings is 3. The van der Waals surface area contributed by atoms with Gasteiger partial charge in [-0.15, -0.1) is 0 Å². The second kappa shape index (κ2) is 7.78. The van der Waals surface area contributed by atoms with E-state index in [0.29, 0.717) is 18.0 Å². The van der Waals surface area contributed by atoms with Gasteiger partial charge in [0.1, 0.15) is 17.4 Å². The first-order valence-electron chi connectivity index (χ1n) is 11.9. The number of aryl methyl sites for hydroxylation is 1. The number of fused-ring (bicyclic) bond motifs is 3. The van der Waals surface area contributed by atoms with Crippen molar-refractivity contribution < 1.29 is 18.7 Å². The number of nitrogens with one attached hydrogen (secondary N) is 1. The molecular formula is C26H25F2N5O2. The first-order chi connectivity index (χ1) is 16.7. The van der Waals surface area contributed by atoms with E-state index in [-0.39, 0.29) is 5.82 Å². The van der Waals surface area contributed by atoms with Gasteiger partial charge in [-0.05, 0) is 43.9 Å². The molecule has 6 rings (SSSR count). The lowest BCUT2D eigenvalue weighted by Crippen LogP contribution is -2.18. The molecule has 0 spiro atoms. The number of halogens is 2. The molecule has 2 fully saturated rings. The summed E-state index contributed by atoms with van der Waals surface area (Å²) in [5.74, 6) is -4.27. The molecule has 9 heteroatoms. The second-order valence-electron chi connectivity index (χ2n) is 9.68. The van der Waals surface area contributed by atoms with Gasteiger partial charge in [0.15, 0.2) is 0 Å². The van der Waals surface area contributed by atoms with E-state index in [2.05, 4.69) is 15.3 Å². The summed E-state index contributed by atoms with van der Waals surface area (Å²) < 4.78 is 28.6. The number of anilines is 1. The third-order valence-corrected chi connectivity index (χ3v) is 6.98. The fourth-order valence-corrected chi connectivity index (χ4v) is 4.57. The zero-order chi connectivity index (χ0) is 24.5. The van der Waals surface area contributed by atoms with Crippen LogP contribution in [0.1, 0.15) is 61.6 Å². The maximum Gasteiger partial charge on any atom is 0.260 e. The summed E-state index contributed by atoms with van der Waals surface area (Å²) in [4.78, 5) is 25.9. The molecule has 2 atom stereocenters. The van der Waals surface area contributed by atoms with Gasteiger partial charge in [-0.3, -0.25) is 14.2 Å². The van der Waals surface area contributed by atoms with Crippen molar-refractivity contribution in [2.45, 2.75) is 57.5 Å². The topological polar surface area (TPSA) is 92.4 Å². The number of aromatic nitrogens is 4. The van der Waals surface area contributed by atoms with Gasteiger partial charge in [-0.25, -0.2) is 18.7 Å².